The highest BCUT2D eigenvalue weighted by atomic mass is 35.5. The number of carbonyl (C=O) groups excluding carboxylic acids is 1. The monoisotopic (exact) mass is 284 g/mol. The second kappa shape index (κ2) is 5.05. The van der Waals surface area contributed by atoms with Crippen molar-refractivity contribution < 1.29 is 18.0 Å². The molecular formula is C14H8ClF3O. The van der Waals surface area contributed by atoms with E-state index >= 15 is 0 Å². The lowest BCUT2D eigenvalue weighted by molar-refractivity contribution is 0.103. The molecule has 0 bridgehead atoms. The van der Waals surface area contributed by atoms with Crippen LogP contribution in [0.2, 0.25) is 5.02 Å². The zero-order valence-electron chi connectivity index (χ0n) is 9.81. The fourth-order valence-electron chi connectivity index (χ4n) is 1.72. The maximum absolute atomic E-state index is 13.5. The van der Waals surface area contributed by atoms with Crippen LogP contribution in [0.5, 0.6) is 0 Å². The second-order valence-electron chi connectivity index (χ2n) is 4.01. The maximum Gasteiger partial charge on any atom is 0.200 e. The first kappa shape index (κ1) is 13.6. The first-order chi connectivity index (χ1) is 8.91. The molecule has 5 heteroatoms. The van der Waals surface area contributed by atoms with Crippen molar-refractivity contribution in [3.8, 4) is 0 Å². The Morgan fingerprint density at radius 1 is 1.11 bits per heavy atom. The number of ketones is 1. The molecule has 2 aromatic carbocycles. The average molecular weight is 285 g/mol. The van der Waals surface area contributed by atoms with E-state index in [4.69, 9.17) is 11.6 Å². The van der Waals surface area contributed by atoms with Crippen molar-refractivity contribution in [2.75, 3.05) is 0 Å². The van der Waals surface area contributed by atoms with Crippen molar-refractivity contribution >= 4 is 17.4 Å². The molecule has 2 aromatic rings. The quantitative estimate of drug-likeness (QED) is 0.752. The van der Waals surface area contributed by atoms with Gasteiger partial charge in [-0.2, -0.15) is 0 Å². The van der Waals surface area contributed by atoms with Gasteiger partial charge in [0.15, 0.2) is 5.78 Å². The Kier molecular flexibility index (Phi) is 3.62. The standard InChI is InChI=1S/C14H8ClF3O/c1-7-3-2-4-9(13(7)15)14(19)12-10(17)5-8(16)6-11(12)18/h2-6H,1H3. The summed E-state index contributed by atoms with van der Waals surface area (Å²) < 4.78 is 39.9. The lowest BCUT2D eigenvalue weighted by Gasteiger charge is -2.08. The fourth-order valence-corrected chi connectivity index (χ4v) is 1.93. The molecule has 0 aliphatic carbocycles. The Hall–Kier alpha value is -1.81. The van der Waals surface area contributed by atoms with Gasteiger partial charge in [0, 0.05) is 17.7 Å². The summed E-state index contributed by atoms with van der Waals surface area (Å²) in [6, 6.07) is 5.49. The summed E-state index contributed by atoms with van der Waals surface area (Å²) in [4.78, 5) is 12.1. The molecule has 98 valence electrons. The summed E-state index contributed by atoms with van der Waals surface area (Å²) in [7, 11) is 0. The highest BCUT2D eigenvalue weighted by Crippen LogP contribution is 2.25. The molecule has 0 N–H and O–H groups in total. The lowest BCUT2D eigenvalue weighted by atomic mass is 10.0. The smallest absolute Gasteiger partial charge is 0.200 e. The molecule has 0 heterocycles. The zero-order chi connectivity index (χ0) is 14.2. The van der Waals surface area contributed by atoms with E-state index in [1.165, 1.54) is 6.07 Å². The van der Waals surface area contributed by atoms with E-state index in [1.54, 1.807) is 19.1 Å². The number of hydrogen-bond donors (Lipinski definition) is 0. The summed E-state index contributed by atoms with van der Waals surface area (Å²) in [6.07, 6.45) is 0. The minimum atomic E-state index is -1.25. The number of halogens is 4. The van der Waals surface area contributed by atoms with Gasteiger partial charge in [0.2, 0.25) is 0 Å². The molecule has 0 amide bonds. The first-order valence-corrected chi connectivity index (χ1v) is 5.74. The Balaban J connectivity index is 2.60. The third kappa shape index (κ3) is 2.49. The number of rotatable bonds is 2. The summed E-state index contributed by atoms with van der Waals surface area (Å²) in [5.74, 6) is -4.49. The highest BCUT2D eigenvalue weighted by Gasteiger charge is 2.22. The van der Waals surface area contributed by atoms with E-state index in [0.717, 1.165) is 0 Å². The highest BCUT2D eigenvalue weighted by molar-refractivity contribution is 6.35. The van der Waals surface area contributed by atoms with Crippen molar-refractivity contribution in [3.05, 3.63) is 69.5 Å². The maximum atomic E-state index is 13.5. The van der Waals surface area contributed by atoms with E-state index in [-0.39, 0.29) is 10.6 Å². The minimum Gasteiger partial charge on any atom is -0.288 e. The van der Waals surface area contributed by atoms with Gasteiger partial charge in [0.05, 0.1) is 10.6 Å². The molecule has 0 spiro atoms. The predicted molar refractivity (Wildman–Crippen MR) is 65.9 cm³/mol. The molecule has 0 aliphatic rings. The molecule has 0 aromatic heterocycles. The van der Waals surface area contributed by atoms with Crippen molar-refractivity contribution in [2.45, 2.75) is 6.92 Å². The van der Waals surface area contributed by atoms with Gasteiger partial charge in [-0.25, -0.2) is 13.2 Å². The van der Waals surface area contributed by atoms with Crippen LogP contribution in [0, 0.1) is 24.4 Å². The van der Waals surface area contributed by atoms with Gasteiger partial charge in [-0.05, 0) is 18.6 Å². The van der Waals surface area contributed by atoms with Crippen LogP contribution in [-0.4, -0.2) is 5.78 Å². The lowest BCUT2D eigenvalue weighted by Crippen LogP contribution is -2.09. The van der Waals surface area contributed by atoms with Gasteiger partial charge in [-0.3, -0.25) is 4.79 Å². The number of aryl methyl sites for hydroxylation is 1. The normalized spacial score (nSPS) is 10.6. The van der Waals surface area contributed by atoms with E-state index in [0.29, 0.717) is 17.7 Å². The first-order valence-electron chi connectivity index (χ1n) is 5.36. The molecule has 2 rings (SSSR count). The SMILES string of the molecule is Cc1cccc(C(=O)c2c(F)cc(F)cc2F)c1Cl. The van der Waals surface area contributed by atoms with E-state index in [9.17, 15) is 18.0 Å². The van der Waals surface area contributed by atoms with Gasteiger partial charge in [-0.15, -0.1) is 0 Å². The van der Waals surface area contributed by atoms with Crippen LogP contribution in [0.15, 0.2) is 30.3 Å². The van der Waals surface area contributed by atoms with Crippen molar-refractivity contribution in [2.24, 2.45) is 0 Å². The van der Waals surface area contributed by atoms with Crippen LogP contribution in [0.25, 0.3) is 0 Å². The van der Waals surface area contributed by atoms with Crippen molar-refractivity contribution in [3.63, 3.8) is 0 Å². The van der Waals surface area contributed by atoms with E-state index < -0.39 is 28.8 Å². The number of hydrogen-bond acceptors (Lipinski definition) is 1. The van der Waals surface area contributed by atoms with Crippen LogP contribution in [0.1, 0.15) is 21.5 Å². The van der Waals surface area contributed by atoms with Crippen LogP contribution in [-0.2, 0) is 0 Å². The molecule has 1 nitrogen and oxygen atoms in total. The van der Waals surface area contributed by atoms with Gasteiger partial charge < -0.3 is 0 Å². The van der Waals surface area contributed by atoms with Crippen LogP contribution >= 0.6 is 11.6 Å². The van der Waals surface area contributed by atoms with Crippen LogP contribution in [0.3, 0.4) is 0 Å². The predicted octanol–water partition coefficient (Wildman–Crippen LogP) is 4.30. The van der Waals surface area contributed by atoms with Gasteiger partial charge in [-0.1, -0.05) is 23.7 Å². The Labute approximate surface area is 112 Å². The zero-order valence-corrected chi connectivity index (χ0v) is 10.6. The van der Waals surface area contributed by atoms with E-state index in [1.807, 2.05) is 0 Å². The minimum absolute atomic E-state index is 0.0222. The van der Waals surface area contributed by atoms with Gasteiger partial charge in [0.1, 0.15) is 17.5 Å². The molecule has 0 fully saturated rings. The van der Waals surface area contributed by atoms with Gasteiger partial charge in [0.25, 0.3) is 0 Å². The molecule has 0 saturated heterocycles. The van der Waals surface area contributed by atoms with E-state index in [2.05, 4.69) is 0 Å². The average Bonchev–Trinajstić information content (AvgIpc) is 2.31. The summed E-state index contributed by atoms with van der Waals surface area (Å²) in [5, 5.41) is 0.121. The van der Waals surface area contributed by atoms with Gasteiger partial charge >= 0.3 is 0 Å². The third-order valence-electron chi connectivity index (χ3n) is 2.67. The molecule has 0 unspecified atom stereocenters. The summed E-state index contributed by atoms with van der Waals surface area (Å²) in [5.41, 5.74) is -0.226. The Morgan fingerprint density at radius 3 is 2.26 bits per heavy atom. The summed E-state index contributed by atoms with van der Waals surface area (Å²) in [6.45, 7) is 1.66. The largest absolute Gasteiger partial charge is 0.288 e. The molecular weight excluding hydrogens is 277 g/mol. The fraction of sp³-hybridized carbons (Fsp3) is 0.0714. The van der Waals surface area contributed by atoms with Crippen LogP contribution < -0.4 is 0 Å². The Morgan fingerprint density at radius 2 is 1.68 bits per heavy atom. The van der Waals surface area contributed by atoms with Crippen LogP contribution in [0.4, 0.5) is 13.2 Å². The molecule has 0 aliphatic heterocycles. The third-order valence-corrected chi connectivity index (χ3v) is 3.17. The number of benzene rings is 2. The topological polar surface area (TPSA) is 17.1 Å². The molecule has 19 heavy (non-hydrogen) atoms. The Bertz CT molecular complexity index is 645. The summed E-state index contributed by atoms with van der Waals surface area (Å²) >= 11 is 5.93. The second-order valence-corrected chi connectivity index (χ2v) is 4.39. The number of carbonyl (C=O) groups is 1. The molecule has 0 radical (unpaired) electrons. The van der Waals surface area contributed by atoms with Crippen molar-refractivity contribution in [1.82, 2.24) is 0 Å². The molecule has 0 saturated carbocycles. The molecule has 0 atom stereocenters. The van der Waals surface area contributed by atoms with Crippen molar-refractivity contribution in [1.29, 1.82) is 0 Å².